The predicted molar refractivity (Wildman–Crippen MR) is 100 cm³/mol. The van der Waals surface area contributed by atoms with Crippen LogP contribution in [0.15, 0.2) is 59.0 Å². The normalized spacial score (nSPS) is 14.4. The van der Waals surface area contributed by atoms with Gasteiger partial charge in [0.1, 0.15) is 6.54 Å². The first-order valence-electron chi connectivity index (χ1n) is 9.04. The summed E-state index contributed by atoms with van der Waals surface area (Å²) in [5.74, 6) is -1.26. The Hall–Kier alpha value is -3.81. The minimum atomic E-state index is -0.824. The number of ether oxygens (including phenoxy) is 1. The number of hydrogen-bond acceptors (Lipinski definition) is 7. The maximum Gasteiger partial charge on any atom is 0.326 e. The first-order valence-corrected chi connectivity index (χ1v) is 9.04. The van der Waals surface area contributed by atoms with Crippen LogP contribution < -0.4 is 0 Å². The number of aromatic nitrogens is 2. The maximum absolute atomic E-state index is 12.5. The molecule has 1 aliphatic rings. The van der Waals surface area contributed by atoms with E-state index in [0.717, 1.165) is 10.5 Å². The van der Waals surface area contributed by atoms with Gasteiger partial charge in [0, 0.05) is 11.1 Å². The molecule has 0 fully saturated rings. The molecule has 0 N–H and O–H groups in total. The van der Waals surface area contributed by atoms with Gasteiger partial charge in [0.05, 0.1) is 6.42 Å². The molecule has 1 atom stereocenters. The molecule has 2 amide bonds. The molecule has 3 aromatic rings. The van der Waals surface area contributed by atoms with Gasteiger partial charge in [-0.2, -0.15) is 0 Å². The summed E-state index contributed by atoms with van der Waals surface area (Å²) in [6.07, 6.45) is -0.760. The zero-order valence-corrected chi connectivity index (χ0v) is 15.6. The van der Waals surface area contributed by atoms with Gasteiger partial charge in [0.25, 0.3) is 11.8 Å². The fourth-order valence-electron chi connectivity index (χ4n) is 3.07. The number of rotatable bonds is 5. The number of imide groups is 1. The number of benzene rings is 2. The molecule has 0 unspecified atom stereocenters. The summed E-state index contributed by atoms with van der Waals surface area (Å²) in [6, 6.07) is 16.0. The van der Waals surface area contributed by atoms with E-state index in [0.29, 0.717) is 17.0 Å². The Bertz CT molecular complexity index is 1080. The van der Waals surface area contributed by atoms with Crippen molar-refractivity contribution in [1.82, 2.24) is 15.1 Å². The van der Waals surface area contributed by atoms with Crippen molar-refractivity contribution in [3.05, 3.63) is 71.6 Å². The monoisotopic (exact) mass is 391 g/mol. The van der Waals surface area contributed by atoms with Gasteiger partial charge in [-0.05, 0) is 30.7 Å². The smallest absolute Gasteiger partial charge is 0.326 e. The minimum absolute atomic E-state index is 0.0643. The second-order valence-electron chi connectivity index (χ2n) is 6.56. The first-order chi connectivity index (χ1) is 14.0. The van der Waals surface area contributed by atoms with Gasteiger partial charge in [-0.3, -0.25) is 19.3 Å². The number of carbonyl (C=O) groups excluding carboxylic acids is 3. The molecule has 1 aliphatic heterocycles. The highest BCUT2D eigenvalue weighted by Gasteiger charge is 2.33. The third-order valence-corrected chi connectivity index (χ3v) is 4.54. The van der Waals surface area contributed by atoms with Crippen molar-refractivity contribution in [2.75, 3.05) is 6.54 Å². The number of fused-ring (bicyclic) bond motifs is 1. The molecule has 29 heavy (non-hydrogen) atoms. The van der Waals surface area contributed by atoms with Crippen molar-refractivity contribution < 1.29 is 23.5 Å². The standard InChI is InChI=1S/C21H17N3O5/c1-13(19-22-23-20(29-19)14-7-3-2-4-8-14)28-18(26)12-24-17(25)11-15-9-5-6-10-16(15)21(24)27/h2-10,13H,11-12H2,1H3/t13-/m1/s1. The van der Waals surface area contributed by atoms with Crippen molar-refractivity contribution in [1.29, 1.82) is 0 Å². The summed E-state index contributed by atoms with van der Waals surface area (Å²) in [6.45, 7) is 1.10. The molecule has 146 valence electrons. The fraction of sp³-hybridized carbons (Fsp3) is 0.190. The highest BCUT2D eigenvalue weighted by molar-refractivity contribution is 6.11. The molecule has 0 spiro atoms. The lowest BCUT2D eigenvalue weighted by molar-refractivity contribution is -0.153. The second kappa shape index (κ2) is 7.67. The Labute approximate surface area is 166 Å². The third kappa shape index (κ3) is 3.77. The van der Waals surface area contributed by atoms with Crippen molar-refractivity contribution in [3.8, 4) is 11.5 Å². The number of amides is 2. The molecule has 0 saturated heterocycles. The van der Waals surface area contributed by atoms with Gasteiger partial charge >= 0.3 is 5.97 Å². The average molecular weight is 391 g/mol. The first kappa shape index (κ1) is 18.5. The van der Waals surface area contributed by atoms with Crippen molar-refractivity contribution >= 4 is 17.8 Å². The SMILES string of the molecule is C[C@@H](OC(=O)CN1C(=O)Cc2ccccc2C1=O)c1nnc(-c2ccccc2)o1. The van der Waals surface area contributed by atoms with Crippen LogP contribution in [0.1, 0.15) is 34.8 Å². The molecule has 0 bridgehead atoms. The molecule has 4 rings (SSSR count). The van der Waals surface area contributed by atoms with Crippen LogP contribution in [-0.4, -0.2) is 39.4 Å². The summed E-state index contributed by atoms with van der Waals surface area (Å²) in [5, 5.41) is 7.86. The van der Waals surface area contributed by atoms with Crippen LogP contribution >= 0.6 is 0 Å². The second-order valence-corrected chi connectivity index (χ2v) is 6.56. The van der Waals surface area contributed by atoms with Crippen molar-refractivity contribution in [2.24, 2.45) is 0 Å². The maximum atomic E-state index is 12.5. The van der Waals surface area contributed by atoms with E-state index >= 15 is 0 Å². The lowest BCUT2D eigenvalue weighted by Gasteiger charge is -2.26. The number of esters is 1. The van der Waals surface area contributed by atoms with E-state index in [-0.39, 0.29) is 12.3 Å². The van der Waals surface area contributed by atoms with Gasteiger partial charge < -0.3 is 9.15 Å². The van der Waals surface area contributed by atoms with Gasteiger partial charge in [0.15, 0.2) is 6.10 Å². The molecule has 2 heterocycles. The molecular formula is C21H17N3O5. The Morgan fingerprint density at radius 2 is 1.83 bits per heavy atom. The zero-order valence-electron chi connectivity index (χ0n) is 15.6. The molecule has 8 nitrogen and oxygen atoms in total. The summed E-state index contributed by atoms with van der Waals surface area (Å²) in [7, 11) is 0. The molecule has 2 aromatic carbocycles. The van der Waals surface area contributed by atoms with E-state index in [1.54, 1.807) is 31.2 Å². The predicted octanol–water partition coefficient (Wildman–Crippen LogP) is 2.57. The summed E-state index contributed by atoms with van der Waals surface area (Å²) >= 11 is 0. The van der Waals surface area contributed by atoms with Gasteiger partial charge in [0.2, 0.25) is 11.8 Å². The van der Waals surface area contributed by atoms with E-state index < -0.39 is 30.4 Å². The van der Waals surface area contributed by atoms with Crippen molar-refractivity contribution in [3.63, 3.8) is 0 Å². The molecule has 0 aliphatic carbocycles. The summed E-state index contributed by atoms with van der Waals surface area (Å²) in [4.78, 5) is 38.0. The minimum Gasteiger partial charge on any atom is -0.451 e. The van der Waals surface area contributed by atoms with Crippen LogP contribution in [-0.2, 0) is 20.7 Å². The van der Waals surface area contributed by atoms with E-state index in [1.807, 2.05) is 30.3 Å². The van der Waals surface area contributed by atoms with Crippen LogP contribution in [0.5, 0.6) is 0 Å². The topological polar surface area (TPSA) is 103 Å². The van der Waals surface area contributed by atoms with E-state index in [4.69, 9.17) is 9.15 Å². The van der Waals surface area contributed by atoms with E-state index in [9.17, 15) is 14.4 Å². The van der Waals surface area contributed by atoms with Gasteiger partial charge in [-0.25, -0.2) is 0 Å². The van der Waals surface area contributed by atoms with Gasteiger partial charge in [-0.1, -0.05) is 36.4 Å². The van der Waals surface area contributed by atoms with Crippen LogP contribution in [0.3, 0.4) is 0 Å². The third-order valence-electron chi connectivity index (χ3n) is 4.54. The average Bonchev–Trinajstić information content (AvgIpc) is 3.22. The number of carbonyl (C=O) groups is 3. The summed E-state index contributed by atoms with van der Waals surface area (Å²) in [5.41, 5.74) is 1.81. The lowest BCUT2D eigenvalue weighted by Crippen LogP contribution is -2.45. The Balaban J connectivity index is 1.42. The lowest BCUT2D eigenvalue weighted by atomic mass is 9.98. The molecule has 0 saturated carbocycles. The van der Waals surface area contributed by atoms with Crippen LogP contribution in [0.4, 0.5) is 0 Å². The highest BCUT2D eigenvalue weighted by Crippen LogP contribution is 2.23. The highest BCUT2D eigenvalue weighted by atomic mass is 16.6. The summed E-state index contributed by atoms with van der Waals surface area (Å²) < 4.78 is 10.9. The van der Waals surface area contributed by atoms with Crippen LogP contribution in [0.2, 0.25) is 0 Å². The Kier molecular flexibility index (Phi) is 4.90. The molecule has 8 heteroatoms. The fourth-order valence-corrected chi connectivity index (χ4v) is 3.07. The molecule has 1 aromatic heterocycles. The molecular weight excluding hydrogens is 374 g/mol. The molecule has 0 radical (unpaired) electrons. The van der Waals surface area contributed by atoms with Crippen LogP contribution in [0, 0.1) is 0 Å². The quantitative estimate of drug-likeness (QED) is 0.486. The zero-order chi connectivity index (χ0) is 20.4. The number of nitrogens with zero attached hydrogens (tertiary/aromatic N) is 3. The Morgan fingerprint density at radius 1 is 1.10 bits per heavy atom. The largest absolute Gasteiger partial charge is 0.451 e. The van der Waals surface area contributed by atoms with Crippen LogP contribution in [0.25, 0.3) is 11.5 Å². The van der Waals surface area contributed by atoms with E-state index in [1.165, 1.54) is 0 Å². The van der Waals surface area contributed by atoms with Crippen molar-refractivity contribution in [2.45, 2.75) is 19.4 Å². The Morgan fingerprint density at radius 3 is 2.62 bits per heavy atom. The number of hydrogen-bond donors (Lipinski definition) is 0. The van der Waals surface area contributed by atoms with Gasteiger partial charge in [-0.15, -0.1) is 10.2 Å². The van der Waals surface area contributed by atoms with E-state index in [2.05, 4.69) is 10.2 Å².